The molecule has 0 bridgehead atoms. The number of unbranched alkanes of at least 4 members (excludes halogenated alkanes) is 4. The Kier molecular flexibility index (Phi) is 8.06. The Balaban J connectivity index is 2.12. The zero-order valence-corrected chi connectivity index (χ0v) is 14.6. The van der Waals surface area contributed by atoms with Gasteiger partial charge in [-0.1, -0.05) is 105 Å². The minimum absolute atomic E-state index is 0.613. The lowest BCUT2D eigenvalue weighted by Gasteiger charge is -2.15. The van der Waals surface area contributed by atoms with Crippen molar-refractivity contribution in [3.63, 3.8) is 0 Å². The summed E-state index contributed by atoms with van der Waals surface area (Å²) in [5.41, 5.74) is 2.92. The zero-order valence-electron chi connectivity index (χ0n) is 14.6. The lowest BCUT2D eigenvalue weighted by molar-refractivity contribution is 0.238. The summed E-state index contributed by atoms with van der Waals surface area (Å²) in [5, 5.41) is 10.8. The average molecular weight is 320 g/mol. The summed E-state index contributed by atoms with van der Waals surface area (Å²) in [6.07, 6.45) is 11.9. The molecule has 24 heavy (non-hydrogen) atoms. The van der Waals surface area contributed by atoms with Gasteiger partial charge in [-0.3, -0.25) is 0 Å². The van der Waals surface area contributed by atoms with Crippen LogP contribution in [-0.4, -0.2) is 5.11 Å². The van der Waals surface area contributed by atoms with Crippen molar-refractivity contribution in [2.75, 3.05) is 0 Å². The van der Waals surface area contributed by atoms with Gasteiger partial charge in [-0.05, 0) is 29.5 Å². The fourth-order valence-electron chi connectivity index (χ4n) is 2.75. The van der Waals surface area contributed by atoms with Crippen LogP contribution in [0, 0.1) is 0 Å². The molecule has 1 nitrogen and oxygen atoms in total. The van der Waals surface area contributed by atoms with Crippen LogP contribution in [0.4, 0.5) is 0 Å². The molecule has 1 N–H and O–H groups in total. The fraction of sp³-hybridized carbons (Fsp3) is 0.304. The first-order valence-corrected chi connectivity index (χ1v) is 8.98. The SMILES string of the molecule is CCCCCC/C=C/C=C(/c1ccccc1)C(O)c1ccccc1. The van der Waals surface area contributed by atoms with Crippen molar-refractivity contribution in [3.8, 4) is 0 Å². The van der Waals surface area contributed by atoms with Gasteiger partial charge in [0, 0.05) is 0 Å². The number of benzene rings is 2. The molecule has 0 fully saturated rings. The molecule has 1 heteroatoms. The lowest BCUT2D eigenvalue weighted by Crippen LogP contribution is -2.00. The van der Waals surface area contributed by atoms with E-state index in [1.807, 2.05) is 66.7 Å². The highest BCUT2D eigenvalue weighted by molar-refractivity contribution is 5.71. The molecule has 1 unspecified atom stereocenters. The zero-order chi connectivity index (χ0) is 17.0. The number of allylic oxidation sites excluding steroid dienone is 3. The molecule has 0 spiro atoms. The van der Waals surface area contributed by atoms with E-state index in [1.165, 1.54) is 25.7 Å². The number of aliphatic hydroxyl groups excluding tert-OH is 1. The minimum atomic E-state index is -0.613. The van der Waals surface area contributed by atoms with Crippen LogP contribution in [0.1, 0.15) is 56.3 Å². The standard InChI is InChI=1S/C23H28O/c1-2-3-4-5-6-7-14-19-22(20-15-10-8-11-16-20)23(24)21-17-12-9-13-18-21/h7-19,23-24H,2-6H2,1H3/b14-7+,22-19-. The smallest absolute Gasteiger partial charge is 0.105 e. The van der Waals surface area contributed by atoms with Gasteiger partial charge in [0.1, 0.15) is 6.10 Å². The van der Waals surface area contributed by atoms with Gasteiger partial charge in [-0.25, -0.2) is 0 Å². The third kappa shape index (κ3) is 5.82. The number of hydrogen-bond donors (Lipinski definition) is 1. The third-order valence-electron chi connectivity index (χ3n) is 4.15. The number of hydrogen-bond acceptors (Lipinski definition) is 1. The van der Waals surface area contributed by atoms with Crippen LogP contribution < -0.4 is 0 Å². The van der Waals surface area contributed by atoms with E-state index in [4.69, 9.17) is 0 Å². The second-order valence-corrected chi connectivity index (χ2v) is 6.08. The van der Waals surface area contributed by atoms with E-state index in [0.717, 1.165) is 23.1 Å². The molecule has 0 saturated carbocycles. The quantitative estimate of drug-likeness (QED) is 0.423. The second-order valence-electron chi connectivity index (χ2n) is 6.08. The summed E-state index contributed by atoms with van der Waals surface area (Å²) >= 11 is 0. The van der Waals surface area contributed by atoms with E-state index < -0.39 is 6.10 Å². The molecule has 2 aromatic rings. The van der Waals surface area contributed by atoms with E-state index >= 15 is 0 Å². The highest BCUT2D eigenvalue weighted by Gasteiger charge is 2.14. The maximum absolute atomic E-state index is 10.8. The second kappa shape index (κ2) is 10.6. The first kappa shape index (κ1) is 18.2. The first-order chi connectivity index (χ1) is 11.8. The molecule has 0 radical (unpaired) electrons. The van der Waals surface area contributed by atoms with Crippen LogP contribution in [-0.2, 0) is 0 Å². The van der Waals surface area contributed by atoms with Gasteiger partial charge >= 0.3 is 0 Å². The van der Waals surface area contributed by atoms with Crippen molar-refractivity contribution in [2.45, 2.75) is 45.1 Å². The summed E-state index contributed by atoms with van der Waals surface area (Å²) in [4.78, 5) is 0. The van der Waals surface area contributed by atoms with Gasteiger partial charge in [-0.15, -0.1) is 0 Å². The largest absolute Gasteiger partial charge is 0.384 e. The van der Waals surface area contributed by atoms with E-state index in [0.29, 0.717) is 0 Å². The molecule has 0 amide bonds. The molecule has 0 aliphatic carbocycles. The van der Waals surface area contributed by atoms with E-state index in [1.54, 1.807) is 0 Å². The van der Waals surface area contributed by atoms with Crippen LogP contribution >= 0.6 is 0 Å². The Hall–Kier alpha value is -2.12. The molecule has 0 aromatic heterocycles. The summed E-state index contributed by atoms with van der Waals surface area (Å²) in [5.74, 6) is 0. The predicted octanol–water partition coefficient (Wildman–Crippen LogP) is 6.33. The molecule has 0 heterocycles. The van der Waals surface area contributed by atoms with E-state index in [-0.39, 0.29) is 0 Å². The van der Waals surface area contributed by atoms with Crippen LogP contribution in [0.25, 0.3) is 5.57 Å². The van der Waals surface area contributed by atoms with Crippen molar-refractivity contribution in [1.29, 1.82) is 0 Å². The Morgan fingerprint density at radius 1 is 0.917 bits per heavy atom. The number of rotatable bonds is 9. The molecule has 126 valence electrons. The molecular formula is C23H28O. The fourth-order valence-corrected chi connectivity index (χ4v) is 2.75. The van der Waals surface area contributed by atoms with Crippen molar-refractivity contribution in [2.24, 2.45) is 0 Å². The predicted molar refractivity (Wildman–Crippen MR) is 104 cm³/mol. The van der Waals surface area contributed by atoms with Crippen LogP contribution in [0.3, 0.4) is 0 Å². The van der Waals surface area contributed by atoms with E-state index in [9.17, 15) is 5.11 Å². The maximum atomic E-state index is 10.8. The van der Waals surface area contributed by atoms with Gasteiger partial charge in [0.15, 0.2) is 0 Å². The molecular weight excluding hydrogens is 292 g/mol. The summed E-state index contributed by atoms with van der Waals surface area (Å²) in [6, 6.07) is 19.9. The third-order valence-corrected chi connectivity index (χ3v) is 4.15. The molecule has 0 saturated heterocycles. The Morgan fingerprint density at radius 3 is 2.25 bits per heavy atom. The molecule has 0 aliphatic rings. The van der Waals surface area contributed by atoms with Gasteiger partial charge in [0.2, 0.25) is 0 Å². The Morgan fingerprint density at radius 2 is 1.58 bits per heavy atom. The normalized spacial score (nSPS) is 13.3. The summed E-state index contributed by atoms with van der Waals surface area (Å²) in [7, 11) is 0. The summed E-state index contributed by atoms with van der Waals surface area (Å²) in [6.45, 7) is 2.23. The van der Waals surface area contributed by atoms with Crippen molar-refractivity contribution in [3.05, 3.63) is 90.0 Å². The highest BCUT2D eigenvalue weighted by atomic mass is 16.3. The van der Waals surface area contributed by atoms with Crippen LogP contribution in [0.5, 0.6) is 0 Å². The van der Waals surface area contributed by atoms with Crippen LogP contribution in [0.15, 0.2) is 78.9 Å². The first-order valence-electron chi connectivity index (χ1n) is 8.98. The van der Waals surface area contributed by atoms with Crippen molar-refractivity contribution >= 4 is 5.57 Å². The molecule has 0 aliphatic heterocycles. The highest BCUT2D eigenvalue weighted by Crippen LogP contribution is 2.29. The van der Waals surface area contributed by atoms with Gasteiger partial charge in [0.25, 0.3) is 0 Å². The average Bonchev–Trinajstić information content (AvgIpc) is 2.65. The molecule has 2 aromatic carbocycles. The monoisotopic (exact) mass is 320 g/mol. The lowest BCUT2D eigenvalue weighted by atomic mass is 9.95. The Bertz CT molecular complexity index is 626. The molecule has 1 atom stereocenters. The maximum Gasteiger partial charge on any atom is 0.105 e. The number of aliphatic hydroxyl groups is 1. The van der Waals surface area contributed by atoms with Gasteiger partial charge in [-0.2, -0.15) is 0 Å². The van der Waals surface area contributed by atoms with Gasteiger partial charge < -0.3 is 5.11 Å². The van der Waals surface area contributed by atoms with Crippen molar-refractivity contribution in [1.82, 2.24) is 0 Å². The topological polar surface area (TPSA) is 20.2 Å². The van der Waals surface area contributed by atoms with Crippen LogP contribution in [0.2, 0.25) is 0 Å². The van der Waals surface area contributed by atoms with E-state index in [2.05, 4.69) is 19.1 Å². The van der Waals surface area contributed by atoms with Gasteiger partial charge in [0.05, 0.1) is 0 Å². The Labute approximate surface area is 146 Å². The molecule has 2 rings (SSSR count). The summed E-state index contributed by atoms with van der Waals surface area (Å²) < 4.78 is 0. The van der Waals surface area contributed by atoms with Crippen molar-refractivity contribution < 1.29 is 5.11 Å². The minimum Gasteiger partial charge on any atom is -0.384 e.